The van der Waals surface area contributed by atoms with Crippen LogP contribution < -0.4 is 10.2 Å². The second-order valence-electron chi connectivity index (χ2n) is 6.15. The van der Waals surface area contributed by atoms with Crippen LogP contribution in [0.2, 0.25) is 0 Å². The first kappa shape index (κ1) is 16.7. The number of anilines is 1. The minimum absolute atomic E-state index is 0.671. The van der Waals surface area contributed by atoms with Crippen molar-refractivity contribution in [1.82, 2.24) is 15.2 Å². The Bertz CT molecular complexity index is 430. The first-order chi connectivity index (χ1) is 10.2. The van der Waals surface area contributed by atoms with E-state index in [0.717, 1.165) is 32.6 Å². The van der Waals surface area contributed by atoms with E-state index in [1.807, 2.05) is 11.3 Å². The molecule has 0 spiro atoms. The van der Waals surface area contributed by atoms with Crippen LogP contribution in [0.15, 0.2) is 0 Å². The van der Waals surface area contributed by atoms with Gasteiger partial charge in [-0.1, -0.05) is 20.3 Å². The number of hydrogen-bond donors (Lipinski definition) is 1. The van der Waals surface area contributed by atoms with Crippen LogP contribution in [0, 0.1) is 0 Å². The van der Waals surface area contributed by atoms with E-state index >= 15 is 0 Å². The van der Waals surface area contributed by atoms with E-state index in [9.17, 15) is 0 Å². The Morgan fingerprint density at radius 3 is 2.76 bits per heavy atom. The van der Waals surface area contributed by atoms with Crippen molar-refractivity contribution in [2.75, 3.05) is 38.6 Å². The summed E-state index contributed by atoms with van der Waals surface area (Å²) in [7, 11) is 4.36. The summed E-state index contributed by atoms with van der Waals surface area (Å²) in [6.45, 7) is 8.78. The second kappa shape index (κ2) is 8.11. The van der Waals surface area contributed by atoms with Crippen LogP contribution in [0.5, 0.6) is 0 Å². The van der Waals surface area contributed by atoms with Crippen LogP contribution in [0.1, 0.15) is 43.7 Å². The standard InChI is InChI=1S/C16H30N4S/c1-5-7-14-15(11-17-9-6-2)21-16(18-14)20-10-8-13(12-20)19(3)4/h13,17H,5-12H2,1-4H3. The molecule has 2 rings (SSSR count). The third-order valence-electron chi connectivity index (χ3n) is 4.13. The van der Waals surface area contributed by atoms with Gasteiger partial charge in [0.1, 0.15) is 0 Å². The van der Waals surface area contributed by atoms with Crippen LogP contribution in [0.4, 0.5) is 5.13 Å². The van der Waals surface area contributed by atoms with Gasteiger partial charge >= 0.3 is 0 Å². The Hall–Kier alpha value is -0.650. The smallest absolute Gasteiger partial charge is 0.185 e. The van der Waals surface area contributed by atoms with E-state index in [-0.39, 0.29) is 0 Å². The zero-order valence-corrected chi connectivity index (χ0v) is 14.8. The molecule has 0 bridgehead atoms. The molecule has 0 aromatic carbocycles. The molecule has 0 saturated carbocycles. The number of aryl methyl sites for hydroxylation is 1. The van der Waals surface area contributed by atoms with E-state index in [4.69, 9.17) is 4.98 Å². The first-order valence-electron chi connectivity index (χ1n) is 8.26. The van der Waals surface area contributed by atoms with Crippen molar-refractivity contribution in [2.24, 2.45) is 0 Å². The number of likely N-dealkylation sites (N-methyl/N-ethyl adjacent to an activating group) is 1. The van der Waals surface area contributed by atoms with E-state index in [2.05, 4.69) is 43.1 Å². The molecule has 5 heteroatoms. The van der Waals surface area contributed by atoms with Gasteiger partial charge in [0, 0.05) is 30.6 Å². The lowest BCUT2D eigenvalue weighted by Gasteiger charge is -2.19. The Labute approximate surface area is 133 Å². The summed E-state index contributed by atoms with van der Waals surface area (Å²) in [6.07, 6.45) is 4.71. The quantitative estimate of drug-likeness (QED) is 0.748. The molecule has 120 valence electrons. The van der Waals surface area contributed by atoms with Gasteiger partial charge in [0.2, 0.25) is 0 Å². The molecule has 1 aliphatic rings. The Kier molecular flexibility index (Phi) is 6.45. The molecule has 0 aliphatic carbocycles. The molecule has 0 radical (unpaired) electrons. The fourth-order valence-electron chi connectivity index (χ4n) is 2.79. The van der Waals surface area contributed by atoms with Crippen molar-refractivity contribution in [2.45, 2.75) is 52.1 Å². The average Bonchev–Trinajstić information content (AvgIpc) is 3.07. The molecule has 21 heavy (non-hydrogen) atoms. The molecule has 1 aliphatic heterocycles. The van der Waals surface area contributed by atoms with Crippen molar-refractivity contribution < 1.29 is 0 Å². The third-order valence-corrected chi connectivity index (χ3v) is 5.29. The lowest BCUT2D eigenvalue weighted by molar-refractivity contribution is 0.315. The minimum Gasteiger partial charge on any atom is -0.346 e. The normalized spacial score (nSPS) is 18.9. The average molecular weight is 311 g/mol. The van der Waals surface area contributed by atoms with Crippen LogP contribution in [0.25, 0.3) is 0 Å². The number of rotatable bonds is 8. The molecular weight excluding hydrogens is 280 g/mol. The molecule has 2 heterocycles. The topological polar surface area (TPSA) is 31.4 Å². The second-order valence-corrected chi connectivity index (χ2v) is 7.21. The van der Waals surface area contributed by atoms with Crippen molar-refractivity contribution in [3.63, 3.8) is 0 Å². The predicted molar refractivity (Wildman–Crippen MR) is 92.4 cm³/mol. The van der Waals surface area contributed by atoms with Gasteiger partial charge in [0.15, 0.2) is 5.13 Å². The number of nitrogens with zero attached hydrogens (tertiary/aromatic N) is 3. The van der Waals surface area contributed by atoms with Gasteiger partial charge in [-0.3, -0.25) is 0 Å². The summed E-state index contributed by atoms with van der Waals surface area (Å²) >= 11 is 1.89. The van der Waals surface area contributed by atoms with Crippen molar-refractivity contribution in [3.05, 3.63) is 10.6 Å². The maximum absolute atomic E-state index is 4.94. The fraction of sp³-hybridized carbons (Fsp3) is 0.812. The SMILES string of the molecule is CCCNCc1sc(N2CCC(N(C)C)C2)nc1CCC. The van der Waals surface area contributed by atoms with Crippen molar-refractivity contribution in [3.8, 4) is 0 Å². The van der Waals surface area contributed by atoms with Crippen LogP contribution in [0.3, 0.4) is 0 Å². The zero-order chi connectivity index (χ0) is 15.2. The lowest BCUT2D eigenvalue weighted by Crippen LogP contribution is -2.31. The van der Waals surface area contributed by atoms with Gasteiger partial charge in [0.25, 0.3) is 0 Å². The van der Waals surface area contributed by atoms with Gasteiger partial charge in [0.05, 0.1) is 5.69 Å². The van der Waals surface area contributed by atoms with Crippen molar-refractivity contribution in [1.29, 1.82) is 0 Å². The monoisotopic (exact) mass is 310 g/mol. The van der Waals surface area contributed by atoms with E-state index < -0.39 is 0 Å². The summed E-state index contributed by atoms with van der Waals surface area (Å²) < 4.78 is 0. The highest BCUT2D eigenvalue weighted by Crippen LogP contribution is 2.30. The van der Waals surface area contributed by atoms with Crippen LogP contribution in [-0.2, 0) is 13.0 Å². The van der Waals surface area contributed by atoms with E-state index in [1.165, 1.54) is 35.0 Å². The highest BCUT2D eigenvalue weighted by Gasteiger charge is 2.26. The van der Waals surface area contributed by atoms with Gasteiger partial charge in [-0.2, -0.15) is 0 Å². The molecule has 0 amide bonds. The summed E-state index contributed by atoms with van der Waals surface area (Å²) in [5, 5.41) is 4.76. The molecule has 1 atom stereocenters. The number of aromatic nitrogens is 1. The molecule has 1 fully saturated rings. The van der Waals surface area contributed by atoms with E-state index in [0.29, 0.717) is 6.04 Å². The molecule has 1 aromatic heterocycles. The Morgan fingerprint density at radius 2 is 2.14 bits per heavy atom. The number of thiazole rings is 1. The summed E-state index contributed by atoms with van der Waals surface area (Å²) in [4.78, 5) is 11.2. The maximum atomic E-state index is 4.94. The Balaban J connectivity index is 2.04. The first-order valence-corrected chi connectivity index (χ1v) is 9.08. The molecule has 1 saturated heterocycles. The lowest BCUT2D eigenvalue weighted by atomic mass is 10.2. The largest absolute Gasteiger partial charge is 0.346 e. The fourth-order valence-corrected chi connectivity index (χ4v) is 3.90. The highest BCUT2D eigenvalue weighted by atomic mass is 32.1. The summed E-state index contributed by atoms with van der Waals surface area (Å²) in [5.41, 5.74) is 1.31. The zero-order valence-electron chi connectivity index (χ0n) is 14.0. The summed E-state index contributed by atoms with van der Waals surface area (Å²) in [6, 6.07) is 0.671. The van der Waals surface area contributed by atoms with Crippen LogP contribution >= 0.6 is 11.3 Å². The molecule has 1 N–H and O–H groups in total. The predicted octanol–water partition coefficient (Wildman–Crippen LogP) is 2.74. The molecular formula is C16H30N4S. The van der Waals surface area contributed by atoms with Gasteiger partial charge < -0.3 is 15.1 Å². The molecule has 1 aromatic rings. The Morgan fingerprint density at radius 1 is 1.33 bits per heavy atom. The number of hydrogen-bond acceptors (Lipinski definition) is 5. The van der Waals surface area contributed by atoms with E-state index in [1.54, 1.807) is 0 Å². The molecule has 1 unspecified atom stereocenters. The number of nitrogens with one attached hydrogen (secondary N) is 1. The minimum atomic E-state index is 0.671. The van der Waals surface area contributed by atoms with Crippen LogP contribution in [-0.4, -0.2) is 49.7 Å². The molecule has 4 nitrogen and oxygen atoms in total. The highest BCUT2D eigenvalue weighted by molar-refractivity contribution is 7.15. The summed E-state index contributed by atoms with van der Waals surface area (Å²) in [5.74, 6) is 0. The van der Waals surface area contributed by atoms with Crippen molar-refractivity contribution >= 4 is 16.5 Å². The van der Waals surface area contributed by atoms with Gasteiger partial charge in [-0.15, -0.1) is 11.3 Å². The third kappa shape index (κ3) is 4.41. The van der Waals surface area contributed by atoms with Gasteiger partial charge in [-0.25, -0.2) is 4.98 Å². The maximum Gasteiger partial charge on any atom is 0.185 e. The van der Waals surface area contributed by atoms with Gasteiger partial charge in [-0.05, 0) is 39.9 Å².